The van der Waals surface area contributed by atoms with Crippen molar-refractivity contribution >= 4 is 58.2 Å². The van der Waals surface area contributed by atoms with E-state index in [1.54, 1.807) is 0 Å². The van der Waals surface area contributed by atoms with E-state index in [9.17, 15) is 9.59 Å². The lowest BCUT2D eigenvalue weighted by atomic mass is 10.6. The lowest BCUT2D eigenvalue weighted by Gasteiger charge is -2.11. The largest absolute Gasteiger partial charge is 0.338 e. The van der Waals surface area contributed by atoms with Gasteiger partial charge in [0.2, 0.25) is 5.91 Å². The van der Waals surface area contributed by atoms with Crippen LogP contribution >= 0.6 is 46.4 Å². The molecule has 4 nitrogen and oxygen atoms in total. The predicted octanol–water partition coefficient (Wildman–Crippen LogP) is 0.785. The Kier molecular flexibility index (Phi) is 5.80. The van der Waals surface area contributed by atoms with Gasteiger partial charge < -0.3 is 10.6 Å². The van der Waals surface area contributed by atoms with Gasteiger partial charge in [-0.1, -0.05) is 34.8 Å². The summed E-state index contributed by atoms with van der Waals surface area (Å²) in [5, 5.41) is 4.42. The molecule has 0 heterocycles. The molecule has 0 bridgehead atoms. The molecule has 0 fully saturated rings. The maximum absolute atomic E-state index is 10.8. The standard InChI is InChI=1S/C5H6Cl4N2O2/c6-1-3(12)10-2-11-4(13)5(7,8)9/h1-2H2,(H,10,12)(H,11,13). The summed E-state index contributed by atoms with van der Waals surface area (Å²) in [5.74, 6) is -1.43. The highest BCUT2D eigenvalue weighted by atomic mass is 35.6. The van der Waals surface area contributed by atoms with Crippen LogP contribution in [0.3, 0.4) is 0 Å². The molecule has 0 spiro atoms. The van der Waals surface area contributed by atoms with Gasteiger partial charge in [0.15, 0.2) is 0 Å². The maximum atomic E-state index is 10.8. The van der Waals surface area contributed by atoms with Gasteiger partial charge in [-0.05, 0) is 0 Å². The van der Waals surface area contributed by atoms with Crippen molar-refractivity contribution in [2.75, 3.05) is 12.5 Å². The predicted molar refractivity (Wildman–Crippen MR) is 52.2 cm³/mol. The summed E-state index contributed by atoms with van der Waals surface area (Å²) in [6.07, 6.45) is 0. The van der Waals surface area contributed by atoms with Crippen LogP contribution in [0.5, 0.6) is 0 Å². The van der Waals surface area contributed by atoms with E-state index in [2.05, 4.69) is 10.6 Å². The van der Waals surface area contributed by atoms with Gasteiger partial charge in [0, 0.05) is 0 Å². The molecule has 0 radical (unpaired) electrons. The molecule has 0 saturated heterocycles. The van der Waals surface area contributed by atoms with Crippen LogP contribution in [0.2, 0.25) is 0 Å². The van der Waals surface area contributed by atoms with Crippen LogP contribution in [0.1, 0.15) is 0 Å². The third-order valence-corrected chi connectivity index (χ3v) is 1.67. The number of carbonyl (C=O) groups excluding carboxylic acids is 2. The molecule has 0 aromatic carbocycles. The summed E-state index contributed by atoms with van der Waals surface area (Å²) in [5.41, 5.74) is 0. The first-order valence-corrected chi connectivity index (χ1v) is 4.72. The minimum absolute atomic E-state index is 0.127. The first-order chi connectivity index (χ1) is 5.88. The fourth-order valence-corrected chi connectivity index (χ4v) is 0.665. The number of amides is 2. The van der Waals surface area contributed by atoms with Gasteiger partial charge in [-0.2, -0.15) is 0 Å². The second kappa shape index (κ2) is 5.75. The van der Waals surface area contributed by atoms with E-state index in [1.165, 1.54) is 0 Å². The average molecular weight is 268 g/mol. The van der Waals surface area contributed by atoms with Gasteiger partial charge in [-0.25, -0.2) is 0 Å². The zero-order valence-corrected chi connectivity index (χ0v) is 9.27. The summed E-state index contributed by atoms with van der Waals surface area (Å²) in [4.78, 5) is 21.4. The van der Waals surface area contributed by atoms with E-state index in [4.69, 9.17) is 46.4 Å². The Morgan fingerprint density at radius 1 is 1.15 bits per heavy atom. The van der Waals surface area contributed by atoms with Crippen LogP contribution < -0.4 is 10.6 Å². The van der Waals surface area contributed by atoms with Crippen LogP contribution in [-0.4, -0.2) is 28.2 Å². The van der Waals surface area contributed by atoms with Crippen molar-refractivity contribution in [3.05, 3.63) is 0 Å². The number of hydrogen-bond acceptors (Lipinski definition) is 2. The third kappa shape index (κ3) is 6.21. The van der Waals surface area contributed by atoms with Crippen molar-refractivity contribution in [2.45, 2.75) is 3.79 Å². The zero-order chi connectivity index (χ0) is 10.5. The molecular formula is C5H6Cl4N2O2. The highest BCUT2D eigenvalue weighted by Crippen LogP contribution is 2.25. The molecule has 0 aliphatic rings. The Morgan fingerprint density at radius 3 is 2.08 bits per heavy atom. The molecule has 2 N–H and O–H groups in total. The monoisotopic (exact) mass is 266 g/mol. The fourth-order valence-electron chi connectivity index (χ4n) is 0.371. The van der Waals surface area contributed by atoms with Crippen molar-refractivity contribution in [1.29, 1.82) is 0 Å². The van der Waals surface area contributed by atoms with Crippen LogP contribution in [0.25, 0.3) is 0 Å². The van der Waals surface area contributed by atoms with Crippen molar-refractivity contribution in [3.63, 3.8) is 0 Å². The molecular weight excluding hydrogens is 262 g/mol. The number of alkyl halides is 4. The SMILES string of the molecule is O=C(CCl)NCNC(=O)C(Cl)(Cl)Cl. The third-order valence-electron chi connectivity index (χ3n) is 0.913. The minimum atomic E-state index is -2.02. The summed E-state index contributed by atoms with van der Waals surface area (Å²) in [6, 6.07) is 0. The van der Waals surface area contributed by atoms with Crippen molar-refractivity contribution in [2.24, 2.45) is 0 Å². The van der Waals surface area contributed by atoms with Crippen LogP contribution in [0.15, 0.2) is 0 Å². The Bertz CT molecular complexity index is 203. The molecule has 0 aliphatic heterocycles. The topological polar surface area (TPSA) is 58.2 Å². The van der Waals surface area contributed by atoms with Crippen LogP contribution in [0, 0.1) is 0 Å². The normalized spacial score (nSPS) is 10.8. The molecule has 8 heteroatoms. The first kappa shape index (κ1) is 13.1. The van der Waals surface area contributed by atoms with Gasteiger partial charge in [0.25, 0.3) is 9.70 Å². The molecule has 0 aliphatic carbocycles. The fraction of sp³-hybridized carbons (Fsp3) is 0.600. The second-order valence-corrected chi connectivity index (χ2v) is 4.46. The highest BCUT2D eigenvalue weighted by Gasteiger charge is 2.29. The summed E-state index contributed by atoms with van der Waals surface area (Å²) < 4.78 is -2.02. The molecule has 0 aromatic heterocycles. The summed E-state index contributed by atoms with van der Waals surface area (Å²) >= 11 is 20.8. The molecule has 0 atom stereocenters. The molecule has 0 rings (SSSR count). The Labute approximate surface area is 94.8 Å². The number of halogens is 4. The van der Waals surface area contributed by atoms with Gasteiger partial charge in [-0.3, -0.25) is 9.59 Å². The van der Waals surface area contributed by atoms with Gasteiger partial charge >= 0.3 is 0 Å². The molecule has 0 saturated carbocycles. The van der Waals surface area contributed by atoms with E-state index in [0.29, 0.717) is 0 Å². The lowest BCUT2D eigenvalue weighted by molar-refractivity contribution is -0.121. The van der Waals surface area contributed by atoms with Crippen LogP contribution in [0.4, 0.5) is 0 Å². The number of hydrogen-bond donors (Lipinski definition) is 2. The number of rotatable bonds is 3. The highest BCUT2D eigenvalue weighted by molar-refractivity contribution is 6.76. The van der Waals surface area contributed by atoms with Gasteiger partial charge in [-0.15, -0.1) is 11.6 Å². The minimum Gasteiger partial charge on any atom is -0.338 e. The lowest BCUT2D eigenvalue weighted by Crippen LogP contribution is -2.42. The van der Waals surface area contributed by atoms with E-state index < -0.39 is 15.6 Å². The second-order valence-electron chi connectivity index (χ2n) is 1.91. The Balaban J connectivity index is 3.67. The number of nitrogens with one attached hydrogen (secondary N) is 2. The molecule has 76 valence electrons. The number of carbonyl (C=O) groups is 2. The van der Waals surface area contributed by atoms with Gasteiger partial charge in [0.05, 0.1) is 6.67 Å². The van der Waals surface area contributed by atoms with Crippen LogP contribution in [-0.2, 0) is 9.59 Å². The Morgan fingerprint density at radius 2 is 1.69 bits per heavy atom. The van der Waals surface area contributed by atoms with E-state index in [0.717, 1.165) is 0 Å². The molecule has 13 heavy (non-hydrogen) atoms. The maximum Gasteiger partial charge on any atom is 0.273 e. The van der Waals surface area contributed by atoms with E-state index in [1.807, 2.05) is 0 Å². The van der Waals surface area contributed by atoms with Gasteiger partial charge in [0.1, 0.15) is 5.88 Å². The molecule has 0 unspecified atom stereocenters. The quantitative estimate of drug-likeness (QED) is 0.587. The first-order valence-electron chi connectivity index (χ1n) is 3.05. The van der Waals surface area contributed by atoms with Crippen molar-refractivity contribution in [1.82, 2.24) is 10.6 Å². The van der Waals surface area contributed by atoms with E-state index in [-0.39, 0.29) is 12.5 Å². The molecule has 2 amide bonds. The van der Waals surface area contributed by atoms with Crippen molar-refractivity contribution in [3.8, 4) is 0 Å². The zero-order valence-electron chi connectivity index (χ0n) is 6.24. The summed E-state index contributed by atoms with van der Waals surface area (Å²) in [7, 11) is 0. The summed E-state index contributed by atoms with van der Waals surface area (Å²) in [6.45, 7) is -0.127. The Hall–Kier alpha value is 0.1000. The molecule has 0 aromatic rings. The van der Waals surface area contributed by atoms with E-state index >= 15 is 0 Å². The smallest absolute Gasteiger partial charge is 0.273 e. The van der Waals surface area contributed by atoms with Crippen molar-refractivity contribution < 1.29 is 9.59 Å². The average Bonchev–Trinajstić information content (AvgIpc) is 2.02.